The molecule has 0 aliphatic carbocycles. The van der Waals surface area contributed by atoms with Crippen LogP contribution in [0.25, 0.3) is 0 Å². The zero-order valence-corrected chi connectivity index (χ0v) is 13.4. The summed E-state index contributed by atoms with van der Waals surface area (Å²) in [7, 11) is 1.62. The molecule has 0 heterocycles. The van der Waals surface area contributed by atoms with Crippen LogP contribution in [0.4, 0.5) is 0 Å². The molecular weight excluding hydrogens is 294 g/mol. The molecule has 2 aromatic rings. The van der Waals surface area contributed by atoms with Crippen molar-refractivity contribution in [3.63, 3.8) is 0 Å². The third kappa shape index (κ3) is 5.54. The zero-order chi connectivity index (χ0) is 16.5. The van der Waals surface area contributed by atoms with Gasteiger partial charge in [0.2, 0.25) is 0 Å². The number of hydrogen-bond acceptors (Lipinski definition) is 4. The van der Waals surface area contributed by atoms with Gasteiger partial charge in [-0.25, -0.2) is 0 Å². The van der Waals surface area contributed by atoms with E-state index < -0.39 is 0 Å². The van der Waals surface area contributed by atoms with E-state index in [0.29, 0.717) is 18.9 Å². The van der Waals surface area contributed by atoms with Crippen LogP contribution < -0.4 is 19.5 Å². The smallest absolute Gasteiger partial charge is 0.258 e. The molecule has 0 spiro atoms. The van der Waals surface area contributed by atoms with E-state index in [0.717, 1.165) is 17.1 Å². The predicted molar refractivity (Wildman–Crippen MR) is 87.9 cm³/mol. The van der Waals surface area contributed by atoms with Crippen LogP contribution in [0, 0.1) is 0 Å². The minimum atomic E-state index is -0.178. The average Bonchev–Trinajstić information content (AvgIpc) is 2.59. The summed E-state index contributed by atoms with van der Waals surface area (Å²) in [5, 5.41) is 2.81. The topological polar surface area (TPSA) is 56.8 Å². The van der Waals surface area contributed by atoms with Gasteiger partial charge in [-0.05, 0) is 36.8 Å². The number of hydrogen-bond donors (Lipinski definition) is 1. The van der Waals surface area contributed by atoms with E-state index >= 15 is 0 Å². The highest BCUT2D eigenvalue weighted by atomic mass is 16.5. The second kappa shape index (κ2) is 8.68. The molecule has 0 fully saturated rings. The Labute approximate surface area is 136 Å². The van der Waals surface area contributed by atoms with E-state index in [1.165, 1.54) is 0 Å². The van der Waals surface area contributed by atoms with Gasteiger partial charge in [0.1, 0.15) is 17.2 Å². The van der Waals surface area contributed by atoms with Gasteiger partial charge >= 0.3 is 0 Å². The van der Waals surface area contributed by atoms with Gasteiger partial charge in [-0.3, -0.25) is 4.79 Å². The Kier molecular flexibility index (Phi) is 6.29. The molecule has 0 saturated heterocycles. The van der Waals surface area contributed by atoms with Crippen molar-refractivity contribution in [2.24, 2.45) is 0 Å². The van der Waals surface area contributed by atoms with Crippen LogP contribution in [0.2, 0.25) is 0 Å². The summed E-state index contributed by atoms with van der Waals surface area (Å²) in [6.45, 7) is 2.92. The summed E-state index contributed by atoms with van der Waals surface area (Å²) in [5.74, 6) is 1.94. The standard InChI is InChI=1S/C18H21NO4/c1-3-22-16-5-4-6-17(11-16)23-13-18(20)19-12-14-7-9-15(21-2)10-8-14/h4-11H,3,12-13H2,1-2H3,(H,19,20). The van der Waals surface area contributed by atoms with Gasteiger partial charge in [-0.15, -0.1) is 0 Å². The largest absolute Gasteiger partial charge is 0.497 e. The summed E-state index contributed by atoms with van der Waals surface area (Å²) in [6.07, 6.45) is 0. The third-order valence-electron chi connectivity index (χ3n) is 3.14. The van der Waals surface area contributed by atoms with Gasteiger partial charge in [0.05, 0.1) is 13.7 Å². The molecular formula is C18H21NO4. The predicted octanol–water partition coefficient (Wildman–Crippen LogP) is 2.79. The quantitative estimate of drug-likeness (QED) is 0.814. The van der Waals surface area contributed by atoms with Crippen molar-refractivity contribution < 1.29 is 19.0 Å². The molecule has 0 bridgehead atoms. The van der Waals surface area contributed by atoms with Crippen LogP contribution in [0.3, 0.4) is 0 Å². The Balaban J connectivity index is 1.77. The lowest BCUT2D eigenvalue weighted by Gasteiger charge is -2.09. The van der Waals surface area contributed by atoms with Crippen molar-refractivity contribution in [1.29, 1.82) is 0 Å². The Bertz CT molecular complexity index is 625. The van der Waals surface area contributed by atoms with E-state index in [-0.39, 0.29) is 12.5 Å². The average molecular weight is 315 g/mol. The van der Waals surface area contributed by atoms with Crippen molar-refractivity contribution in [3.05, 3.63) is 54.1 Å². The van der Waals surface area contributed by atoms with Gasteiger partial charge < -0.3 is 19.5 Å². The van der Waals surface area contributed by atoms with E-state index in [4.69, 9.17) is 14.2 Å². The molecule has 0 aliphatic rings. The second-order valence-corrected chi connectivity index (χ2v) is 4.82. The van der Waals surface area contributed by atoms with Crippen LogP contribution >= 0.6 is 0 Å². The maximum absolute atomic E-state index is 11.8. The molecule has 122 valence electrons. The van der Waals surface area contributed by atoms with Gasteiger partial charge in [0, 0.05) is 12.6 Å². The molecule has 5 heteroatoms. The fraction of sp³-hybridized carbons (Fsp3) is 0.278. The molecule has 23 heavy (non-hydrogen) atoms. The van der Waals surface area contributed by atoms with Crippen molar-refractivity contribution in [3.8, 4) is 17.2 Å². The molecule has 1 amide bonds. The molecule has 0 radical (unpaired) electrons. The Morgan fingerprint density at radius 3 is 2.35 bits per heavy atom. The fourth-order valence-corrected chi connectivity index (χ4v) is 1.96. The lowest BCUT2D eigenvalue weighted by Crippen LogP contribution is -2.28. The fourth-order valence-electron chi connectivity index (χ4n) is 1.96. The van der Waals surface area contributed by atoms with Crippen molar-refractivity contribution in [1.82, 2.24) is 5.32 Å². The Morgan fingerprint density at radius 2 is 1.70 bits per heavy atom. The molecule has 5 nitrogen and oxygen atoms in total. The summed E-state index contributed by atoms with van der Waals surface area (Å²) in [5.41, 5.74) is 0.998. The molecule has 0 unspecified atom stereocenters. The number of methoxy groups -OCH3 is 1. The van der Waals surface area contributed by atoms with E-state index in [9.17, 15) is 4.79 Å². The van der Waals surface area contributed by atoms with Crippen LogP contribution in [0.1, 0.15) is 12.5 Å². The van der Waals surface area contributed by atoms with Gasteiger partial charge in [0.15, 0.2) is 6.61 Å². The number of carbonyl (C=O) groups excluding carboxylic acids is 1. The van der Waals surface area contributed by atoms with E-state index in [1.807, 2.05) is 43.3 Å². The number of nitrogens with one attached hydrogen (secondary N) is 1. The monoisotopic (exact) mass is 315 g/mol. The summed E-state index contributed by atoms with van der Waals surface area (Å²) in [6, 6.07) is 14.8. The highest BCUT2D eigenvalue weighted by Crippen LogP contribution is 2.19. The number of rotatable bonds is 8. The lowest BCUT2D eigenvalue weighted by atomic mass is 10.2. The molecule has 2 rings (SSSR count). The summed E-state index contributed by atoms with van der Waals surface area (Å²) < 4.78 is 15.9. The highest BCUT2D eigenvalue weighted by molar-refractivity contribution is 5.77. The highest BCUT2D eigenvalue weighted by Gasteiger charge is 2.04. The maximum atomic E-state index is 11.8. The SMILES string of the molecule is CCOc1cccc(OCC(=O)NCc2ccc(OC)cc2)c1. The van der Waals surface area contributed by atoms with Crippen LogP contribution in [0.15, 0.2) is 48.5 Å². The first-order chi connectivity index (χ1) is 11.2. The van der Waals surface area contributed by atoms with E-state index in [2.05, 4.69) is 5.32 Å². The van der Waals surface area contributed by atoms with E-state index in [1.54, 1.807) is 19.2 Å². The van der Waals surface area contributed by atoms with Crippen molar-refractivity contribution >= 4 is 5.91 Å². The summed E-state index contributed by atoms with van der Waals surface area (Å²) >= 11 is 0. The molecule has 0 aliphatic heterocycles. The molecule has 0 atom stereocenters. The number of carbonyl (C=O) groups is 1. The first kappa shape index (κ1) is 16.7. The molecule has 2 aromatic carbocycles. The lowest BCUT2D eigenvalue weighted by molar-refractivity contribution is -0.123. The maximum Gasteiger partial charge on any atom is 0.258 e. The van der Waals surface area contributed by atoms with Crippen LogP contribution in [-0.4, -0.2) is 26.2 Å². The molecule has 0 saturated carbocycles. The number of ether oxygens (including phenoxy) is 3. The minimum absolute atomic E-state index is 0.0360. The van der Waals surface area contributed by atoms with Gasteiger partial charge in [-0.2, -0.15) is 0 Å². The first-order valence-electron chi connectivity index (χ1n) is 7.46. The van der Waals surface area contributed by atoms with Gasteiger partial charge in [0.25, 0.3) is 5.91 Å². The number of amides is 1. The minimum Gasteiger partial charge on any atom is -0.497 e. The normalized spacial score (nSPS) is 10.0. The van der Waals surface area contributed by atoms with Crippen LogP contribution in [0.5, 0.6) is 17.2 Å². The molecule has 1 N–H and O–H groups in total. The van der Waals surface area contributed by atoms with Crippen molar-refractivity contribution in [2.45, 2.75) is 13.5 Å². The Hall–Kier alpha value is -2.69. The first-order valence-corrected chi connectivity index (χ1v) is 7.46. The Morgan fingerprint density at radius 1 is 1.00 bits per heavy atom. The third-order valence-corrected chi connectivity index (χ3v) is 3.14. The molecule has 0 aromatic heterocycles. The van der Waals surface area contributed by atoms with Crippen molar-refractivity contribution in [2.75, 3.05) is 20.3 Å². The van der Waals surface area contributed by atoms with Crippen LogP contribution in [-0.2, 0) is 11.3 Å². The van der Waals surface area contributed by atoms with Gasteiger partial charge in [-0.1, -0.05) is 18.2 Å². The summed E-state index contributed by atoms with van der Waals surface area (Å²) in [4.78, 5) is 11.8. The number of benzene rings is 2. The second-order valence-electron chi connectivity index (χ2n) is 4.82. The zero-order valence-electron chi connectivity index (χ0n) is 13.4.